The molecule has 1 aromatic heterocycles. The second-order valence-electron chi connectivity index (χ2n) is 2.84. The van der Waals surface area contributed by atoms with Crippen LogP contribution in [0.15, 0.2) is 18.2 Å². The first-order valence-corrected chi connectivity index (χ1v) is 4.85. The van der Waals surface area contributed by atoms with Crippen molar-refractivity contribution in [1.29, 1.82) is 0 Å². The lowest BCUT2D eigenvalue weighted by atomic mass is 10.3. The number of thiazole rings is 1. The fraction of sp³-hybridized carbons (Fsp3) is 0.100. The highest BCUT2D eigenvalue weighted by Crippen LogP contribution is 2.22. The Morgan fingerprint density at radius 2 is 2.36 bits per heavy atom. The van der Waals surface area contributed by atoms with E-state index in [2.05, 4.69) is 5.92 Å². The van der Waals surface area contributed by atoms with Crippen molar-refractivity contribution in [3.8, 4) is 12.3 Å². The fourth-order valence-electron chi connectivity index (χ4n) is 1.33. The van der Waals surface area contributed by atoms with Gasteiger partial charge in [0, 0.05) is 0 Å². The molecular formula is C10H8FN2S+. The molecule has 0 bridgehead atoms. The molecule has 0 aliphatic heterocycles. The first-order chi connectivity index (χ1) is 6.72. The van der Waals surface area contributed by atoms with Crippen molar-refractivity contribution >= 4 is 26.7 Å². The molecule has 0 fully saturated rings. The van der Waals surface area contributed by atoms with Gasteiger partial charge in [-0.25, -0.2) is 8.96 Å². The third-order valence-corrected chi connectivity index (χ3v) is 2.92. The number of fused-ring (bicyclic) bond motifs is 1. The summed E-state index contributed by atoms with van der Waals surface area (Å²) in [4.78, 5) is 0. The van der Waals surface area contributed by atoms with Gasteiger partial charge in [0.05, 0.1) is 4.70 Å². The first kappa shape index (κ1) is 8.97. The van der Waals surface area contributed by atoms with Gasteiger partial charge in [0.2, 0.25) is 0 Å². The Morgan fingerprint density at radius 1 is 1.57 bits per heavy atom. The van der Waals surface area contributed by atoms with E-state index in [-0.39, 0.29) is 5.82 Å². The predicted molar refractivity (Wildman–Crippen MR) is 55.2 cm³/mol. The average Bonchev–Trinajstić information content (AvgIpc) is 2.43. The molecule has 70 valence electrons. The van der Waals surface area contributed by atoms with Gasteiger partial charge in [0.15, 0.2) is 6.54 Å². The van der Waals surface area contributed by atoms with Gasteiger partial charge < -0.3 is 0 Å². The summed E-state index contributed by atoms with van der Waals surface area (Å²) in [6.45, 7) is 0.414. The van der Waals surface area contributed by atoms with E-state index < -0.39 is 0 Å². The number of benzene rings is 1. The van der Waals surface area contributed by atoms with E-state index in [0.29, 0.717) is 11.7 Å². The lowest BCUT2D eigenvalue weighted by Crippen LogP contribution is -2.34. The average molecular weight is 207 g/mol. The van der Waals surface area contributed by atoms with Crippen molar-refractivity contribution in [2.24, 2.45) is 0 Å². The Hall–Kier alpha value is -1.60. The number of rotatable bonds is 1. The number of anilines is 1. The molecule has 0 saturated carbocycles. The van der Waals surface area contributed by atoms with Crippen LogP contribution in [0.5, 0.6) is 0 Å². The Balaban J connectivity index is 2.72. The lowest BCUT2D eigenvalue weighted by molar-refractivity contribution is -0.640. The van der Waals surface area contributed by atoms with Crippen LogP contribution in [0.4, 0.5) is 9.52 Å². The summed E-state index contributed by atoms with van der Waals surface area (Å²) in [5.41, 5.74) is 6.63. The molecule has 0 saturated heterocycles. The minimum Gasteiger partial charge on any atom is -0.278 e. The fourth-order valence-corrected chi connectivity index (χ4v) is 2.29. The summed E-state index contributed by atoms with van der Waals surface area (Å²) in [5, 5.41) is 0.601. The highest BCUT2D eigenvalue weighted by molar-refractivity contribution is 7.21. The number of hydrogen-bond acceptors (Lipinski definition) is 2. The van der Waals surface area contributed by atoms with Gasteiger partial charge in [-0.05, 0) is 29.5 Å². The molecule has 14 heavy (non-hydrogen) atoms. The number of aromatic nitrogens is 1. The monoisotopic (exact) mass is 207 g/mol. The number of hydrogen-bond donors (Lipinski definition) is 1. The minimum absolute atomic E-state index is 0.258. The van der Waals surface area contributed by atoms with Gasteiger partial charge in [-0.3, -0.25) is 5.73 Å². The van der Waals surface area contributed by atoms with Crippen LogP contribution in [0, 0.1) is 18.2 Å². The molecule has 0 unspecified atom stereocenters. The zero-order valence-corrected chi connectivity index (χ0v) is 8.14. The summed E-state index contributed by atoms with van der Waals surface area (Å²) in [6, 6.07) is 4.56. The summed E-state index contributed by atoms with van der Waals surface area (Å²) in [6.07, 6.45) is 5.21. The number of nitrogens with zero attached hydrogens (tertiary/aromatic N) is 1. The van der Waals surface area contributed by atoms with Crippen LogP contribution < -0.4 is 10.3 Å². The van der Waals surface area contributed by atoms with Crippen molar-refractivity contribution in [3.05, 3.63) is 24.0 Å². The van der Waals surface area contributed by atoms with Crippen LogP contribution in [0.25, 0.3) is 10.2 Å². The molecule has 4 heteroatoms. The molecule has 0 aliphatic carbocycles. The standard InChI is InChI=1S/C10H7FN2S/c1-2-5-13-8-4-3-7(11)6-9(8)14-10(13)12/h1,3-4,6,12H,5H2/p+1. The van der Waals surface area contributed by atoms with Crippen molar-refractivity contribution in [2.75, 3.05) is 5.73 Å². The summed E-state index contributed by atoms with van der Waals surface area (Å²) >= 11 is 1.34. The highest BCUT2D eigenvalue weighted by Gasteiger charge is 2.13. The van der Waals surface area contributed by atoms with Crippen molar-refractivity contribution in [1.82, 2.24) is 0 Å². The molecule has 2 nitrogen and oxygen atoms in total. The minimum atomic E-state index is -0.258. The van der Waals surface area contributed by atoms with Crippen LogP contribution >= 0.6 is 11.3 Å². The molecule has 0 amide bonds. The Kier molecular flexibility index (Phi) is 2.10. The number of nitrogens with two attached hydrogens (primary N) is 1. The maximum atomic E-state index is 12.9. The Labute approximate surface area is 84.8 Å². The van der Waals surface area contributed by atoms with Crippen LogP contribution in [0.1, 0.15) is 0 Å². The van der Waals surface area contributed by atoms with Gasteiger partial charge in [0.1, 0.15) is 11.3 Å². The second-order valence-corrected chi connectivity index (χ2v) is 3.90. The van der Waals surface area contributed by atoms with Gasteiger partial charge in [-0.15, -0.1) is 6.42 Å². The summed E-state index contributed by atoms with van der Waals surface area (Å²) in [5.74, 6) is 2.26. The predicted octanol–water partition coefficient (Wildman–Crippen LogP) is 1.54. The van der Waals surface area contributed by atoms with Crippen LogP contribution in [-0.2, 0) is 6.54 Å². The van der Waals surface area contributed by atoms with Crippen LogP contribution in [0.2, 0.25) is 0 Å². The third kappa shape index (κ3) is 1.32. The lowest BCUT2D eigenvalue weighted by Gasteiger charge is -1.92. The molecule has 0 aliphatic rings. The van der Waals surface area contributed by atoms with E-state index in [1.807, 2.05) is 0 Å². The Bertz CT molecular complexity index is 525. The first-order valence-electron chi connectivity index (χ1n) is 4.03. The molecule has 0 atom stereocenters. The molecule has 2 N–H and O–H groups in total. The number of halogens is 1. The second kappa shape index (κ2) is 3.28. The Morgan fingerprint density at radius 3 is 3.07 bits per heavy atom. The third-order valence-electron chi connectivity index (χ3n) is 1.94. The van der Waals surface area contributed by atoms with Gasteiger partial charge >= 0.3 is 5.13 Å². The van der Waals surface area contributed by atoms with Crippen molar-refractivity contribution < 1.29 is 8.96 Å². The quantitative estimate of drug-likeness (QED) is 0.558. The number of terminal acetylenes is 1. The summed E-state index contributed by atoms with van der Waals surface area (Å²) < 4.78 is 15.5. The van der Waals surface area contributed by atoms with E-state index in [9.17, 15) is 4.39 Å². The smallest absolute Gasteiger partial charge is 0.278 e. The van der Waals surface area contributed by atoms with E-state index in [4.69, 9.17) is 12.2 Å². The molecule has 0 spiro atoms. The molecule has 2 rings (SSSR count). The van der Waals surface area contributed by atoms with E-state index in [1.165, 1.54) is 23.5 Å². The van der Waals surface area contributed by atoms with E-state index >= 15 is 0 Å². The maximum Gasteiger partial charge on any atom is 0.333 e. The maximum absolute atomic E-state index is 12.9. The topological polar surface area (TPSA) is 29.9 Å². The molecule has 1 heterocycles. The van der Waals surface area contributed by atoms with Crippen molar-refractivity contribution in [2.45, 2.75) is 6.54 Å². The summed E-state index contributed by atoms with van der Waals surface area (Å²) in [7, 11) is 0. The zero-order chi connectivity index (χ0) is 10.1. The van der Waals surface area contributed by atoms with Crippen LogP contribution in [0.3, 0.4) is 0 Å². The molecular weight excluding hydrogens is 199 g/mol. The molecule has 0 radical (unpaired) electrons. The SMILES string of the molecule is C#CC[n+]1c(N)sc2cc(F)ccc21. The normalized spacial score (nSPS) is 10.3. The number of nitrogen functional groups attached to an aromatic ring is 1. The zero-order valence-electron chi connectivity index (χ0n) is 7.33. The van der Waals surface area contributed by atoms with E-state index in [0.717, 1.165) is 10.2 Å². The largest absolute Gasteiger partial charge is 0.333 e. The van der Waals surface area contributed by atoms with Crippen molar-refractivity contribution in [3.63, 3.8) is 0 Å². The van der Waals surface area contributed by atoms with Gasteiger partial charge in [0.25, 0.3) is 0 Å². The highest BCUT2D eigenvalue weighted by atomic mass is 32.1. The van der Waals surface area contributed by atoms with Crippen LogP contribution in [-0.4, -0.2) is 0 Å². The van der Waals surface area contributed by atoms with E-state index in [1.54, 1.807) is 10.6 Å². The van der Waals surface area contributed by atoms with Gasteiger partial charge in [-0.1, -0.05) is 5.92 Å². The molecule has 2 aromatic rings. The van der Waals surface area contributed by atoms with Gasteiger partial charge in [-0.2, -0.15) is 0 Å². The molecule has 1 aromatic carbocycles.